The lowest BCUT2D eigenvalue weighted by atomic mass is 10.0. The molecule has 0 fully saturated rings. The van der Waals surface area contributed by atoms with Crippen molar-refractivity contribution in [1.82, 2.24) is 5.32 Å². The fraction of sp³-hybridized carbons (Fsp3) is 0.0952. The molecular weight excluding hydrogens is 394 g/mol. The van der Waals surface area contributed by atoms with Gasteiger partial charge in [0.05, 0.1) is 22.0 Å². The van der Waals surface area contributed by atoms with Crippen LogP contribution in [0.4, 0.5) is 16.2 Å². The lowest BCUT2D eigenvalue weighted by molar-refractivity contribution is -0.138. The van der Waals surface area contributed by atoms with Gasteiger partial charge in [0, 0.05) is 0 Å². The number of fused-ring (bicyclic) bond motifs is 1. The summed E-state index contributed by atoms with van der Waals surface area (Å²) >= 11 is 6.06. The molecule has 0 saturated carbocycles. The predicted octanol–water partition coefficient (Wildman–Crippen LogP) is 4.34. The van der Waals surface area contributed by atoms with Crippen molar-refractivity contribution in [2.24, 2.45) is 0 Å². The minimum Gasteiger partial charge on any atom is -0.480 e. The van der Waals surface area contributed by atoms with Crippen LogP contribution in [0, 0.1) is 0 Å². The number of hydrogen-bond donors (Lipinski definition) is 4. The fourth-order valence-electron chi connectivity index (χ4n) is 2.71. The molecule has 0 spiro atoms. The van der Waals surface area contributed by atoms with Gasteiger partial charge in [-0.15, -0.1) is 0 Å². The number of para-hydroxylation sites is 1. The number of benzene rings is 3. The summed E-state index contributed by atoms with van der Waals surface area (Å²) < 4.78 is 0. The number of hydrogen-bond acceptors (Lipinski definition) is 3. The average molecular weight is 412 g/mol. The molecule has 0 aromatic heterocycles. The molecule has 0 heterocycles. The van der Waals surface area contributed by atoms with E-state index in [1.807, 2.05) is 24.3 Å². The number of amides is 3. The minimum absolute atomic E-state index is 0.145. The van der Waals surface area contributed by atoms with Crippen molar-refractivity contribution in [2.45, 2.75) is 13.0 Å². The minimum atomic E-state index is -1.16. The Morgan fingerprint density at radius 1 is 0.897 bits per heavy atom. The van der Waals surface area contributed by atoms with Crippen LogP contribution < -0.4 is 16.0 Å². The van der Waals surface area contributed by atoms with E-state index in [4.69, 9.17) is 16.7 Å². The van der Waals surface area contributed by atoms with Crippen molar-refractivity contribution >= 4 is 51.7 Å². The highest BCUT2D eigenvalue weighted by atomic mass is 35.5. The van der Waals surface area contributed by atoms with Crippen LogP contribution in [0.3, 0.4) is 0 Å². The molecule has 3 aromatic carbocycles. The number of anilines is 2. The molecular formula is C21H18ClN3O4. The van der Waals surface area contributed by atoms with E-state index in [0.717, 1.165) is 10.8 Å². The number of aliphatic carboxylic acids is 1. The molecule has 1 atom stereocenters. The van der Waals surface area contributed by atoms with Crippen molar-refractivity contribution in [1.29, 1.82) is 0 Å². The molecule has 0 bridgehead atoms. The normalized spacial score (nSPS) is 11.5. The number of halogens is 1. The first-order valence-electron chi connectivity index (χ1n) is 8.74. The third kappa shape index (κ3) is 4.83. The smallest absolute Gasteiger partial charge is 0.325 e. The molecule has 8 heteroatoms. The maximum atomic E-state index is 12.7. The van der Waals surface area contributed by atoms with E-state index in [1.165, 1.54) is 6.92 Å². The van der Waals surface area contributed by atoms with Crippen molar-refractivity contribution in [3.63, 3.8) is 0 Å². The van der Waals surface area contributed by atoms with E-state index in [2.05, 4.69) is 16.0 Å². The van der Waals surface area contributed by atoms with Gasteiger partial charge >= 0.3 is 12.0 Å². The van der Waals surface area contributed by atoms with Crippen LogP contribution in [0.2, 0.25) is 5.02 Å². The Morgan fingerprint density at radius 2 is 1.48 bits per heavy atom. The summed E-state index contributed by atoms with van der Waals surface area (Å²) in [5.41, 5.74) is 0.799. The summed E-state index contributed by atoms with van der Waals surface area (Å²) in [5.74, 6) is -1.77. The summed E-state index contributed by atoms with van der Waals surface area (Å²) in [7, 11) is 0. The van der Waals surface area contributed by atoms with Crippen LogP contribution in [0.25, 0.3) is 10.8 Å². The molecule has 7 nitrogen and oxygen atoms in total. The fourth-order valence-corrected chi connectivity index (χ4v) is 2.89. The third-order valence-electron chi connectivity index (χ3n) is 4.22. The second-order valence-corrected chi connectivity index (χ2v) is 6.74. The molecule has 0 aliphatic heterocycles. The van der Waals surface area contributed by atoms with Crippen molar-refractivity contribution < 1.29 is 19.5 Å². The van der Waals surface area contributed by atoms with E-state index in [9.17, 15) is 14.4 Å². The Labute approximate surface area is 171 Å². The number of carbonyl (C=O) groups is 3. The first kappa shape index (κ1) is 20.2. The Balaban J connectivity index is 1.92. The highest BCUT2D eigenvalue weighted by molar-refractivity contribution is 6.33. The highest BCUT2D eigenvalue weighted by Crippen LogP contribution is 2.25. The summed E-state index contributed by atoms with van der Waals surface area (Å²) in [4.78, 5) is 36.2. The Bertz CT molecular complexity index is 1100. The monoisotopic (exact) mass is 411 g/mol. The Kier molecular flexibility index (Phi) is 5.99. The molecule has 0 saturated heterocycles. The van der Waals surface area contributed by atoms with Crippen LogP contribution in [0.5, 0.6) is 0 Å². The molecule has 148 valence electrons. The number of nitrogens with one attached hydrogen (secondary N) is 3. The second-order valence-electron chi connectivity index (χ2n) is 6.34. The van der Waals surface area contributed by atoms with Crippen LogP contribution in [0.15, 0.2) is 60.7 Å². The first-order chi connectivity index (χ1) is 13.8. The van der Waals surface area contributed by atoms with Gasteiger partial charge in [-0.05, 0) is 42.0 Å². The summed E-state index contributed by atoms with van der Waals surface area (Å²) in [6, 6.07) is 15.6. The van der Waals surface area contributed by atoms with E-state index >= 15 is 0 Å². The lowest BCUT2D eigenvalue weighted by Crippen LogP contribution is -2.38. The van der Waals surface area contributed by atoms with Gasteiger partial charge in [0.1, 0.15) is 6.04 Å². The molecule has 29 heavy (non-hydrogen) atoms. The number of carboxylic acid groups (broad SMARTS) is 1. The Morgan fingerprint density at radius 3 is 2.14 bits per heavy atom. The van der Waals surface area contributed by atoms with Gasteiger partial charge in [-0.25, -0.2) is 4.79 Å². The molecule has 3 aromatic rings. The molecule has 0 radical (unpaired) electrons. The van der Waals surface area contributed by atoms with E-state index in [-0.39, 0.29) is 11.3 Å². The summed E-state index contributed by atoms with van der Waals surface area (Å²) in [6.07, 6.45) is 0. The molecule has 0 aliphatic carbocycles. The largest absolute Gasteiger partial charge is 0.480 e. The third-order valence-corrected chi connectivity index (χ3v) is 4.55. The van der Waals surface area contributed by atoms with E-state index < -0.39 is 23.9 Å². The van der Waals surface area contributed by atoms with Crippen LogP contribution >= 0.6 is 11.6 Å². The number of rotatable bonds is 5. The van der Waals surface area contributed by atoms with Gasteiger partial charge in [-0.1, -0.05) is 48.0 Å². The topological polar surface area (TPSA) is 108 Å². The molecule has 3 rings (SSSR count). The number of urea groups is 1. The molecule has 3 amide bonds. The SMILES string of the molecule is C[C@H](NC(=O)c1cc2ccccc2cc1NC(=O)Nc1ccccc1Cl)C(=O)O. The zero-order valence-electron chi connectivity index (χ0n) is 15.4. The second kappa shape index (κ2) is 8.62. The van der Waals surface area contributed by atoms with Gasteiger partial charge in [0.25, 0.3) is 5.91 Å². The highest BCUT2D eigenvalue weighted by Gasteiger charge is 2.20. The number of carboxylic acids is 1. The van der Waals surface area contributed by atoms with Crippen LogP contribution in [-0.4, -0.2) is 29.1 Å². The van der Waals surface area contributed by atoms with E-state index in [1.54, 1.807) is 36.4 Å². The standard InChI is InChI=1S/C21H18ClN3O4/c1-12(20(27)28)23-19(26)15-10-13-6-2-3-7-14(13)11-18(15)25-21(29)24-17-9-5-4-8-16(17)22/h2-12H,1H3,(H,23,26)(H,27,28)(H2,24,25,29)/t12-/m0/s1. The van der Waals surface area contributed by atoms with Gasteiger partial charge in [-0.3, -0.25) is 9.59 Å². The van der Waals surface area contributed by atoms with Crippen molar-refractivity contribution in [2.75, 3.05) is 10.6 Å². The van der Waals surface area contributed by atoms with Gasteiger partial charge < -0.3 is 21.1 Å². The summed E-state index contributed by atoms with van der Waals surface area (Å²) in [5, 5.41) is 18.7. The van der Waals surface area contributed by atoms with Crippen LogP contribution in [0.1, 0.15) is 17.3 Å². The lowest BCUT2D eigenvalue weighted by Gasteiger charge is -2.15. The van der Waals surface area contributed by atoms with Crippen LogP contribution in [-0.2, 0) is 4.79 Å². The zero-order valence-corrected chi connectivity index (χ0v) is 16.2. The van der Waals surface area contributed by atoms with Gasteiger partial charge in [0.15, 0.2) is 0 Å². The summed E-state index contributed by atoms with van der Waals surface area (Å²) in [6.45, 7) is 1.36. The zero-order chi connectivity index (χ0) is 21.0. The number of carbonyl (C=O) groups excluding carboxylic acids is 2. The first-order valence-corrected chi connectivity index (χ1v) is 9.12. The predicted molar refractivity (Wildman–Crippen MR) is 113 cm³/mol. The van der Waals surface area contributed by atoms with Gasteiger partial charge in [0.2, 0.25) is 0 Å². The van der Waals surface area contributed by atoms with Crippen molar-refractivity contribution in [3.8, 4) is 0 Å². The molecule has 4 N–H and O–H groups in total. The van der Waals surface area contributed by atoms with Gasteiger partial charge in [-0.2, -0.15) is 0 Å². The maximum absolute atomic E-state index is 12.7. The average Bonchev–Trinajstić information content (AvgIpc) is 2.69. The Hall–Kier alpha value is -3.58. The quantitative estimate of drug-likeness (QED) is 0.500. The maximum Gasteiger partial charge on any atom is 0.325 e. The van der Waals surface area contributed by atoms with E-state index in [0.29, 0.717) is 10.7 Å². The van der Waals surface area contributed by atoms with Crippen molar-refractivity contribution in [3.05, 3.63) is 71.2 Å². The molecule has 0 unspecified atom stereocenters. The molecule has 0 aliphatic rings.